The fourth-order valence-electron chi connectivity index (χ4n) is 2.25. The van der Waals surface area contributed by atoms with Crippen LogP contribution < -0.4 is 5.32 Å². The van der Waals surface area contributed by atoms with Crippen molar-refractivity contribution in [2.24, 2.45) is 0 Å². The lowest BCUT2D eigenvalue weighted by Crippen LogP contribution is -2.33. The summed E-state index contributed by atoms with van der Waals surface area (Å²) in [6.45, 7) is 0.287. The molecule has 0 aliphatic heterocycles. The Morgan fingerprint density at radius 3 is 3.09 bits per heavy atom. The van der Waals surface area contributed by atoms with Crippen LogP contribution in [0.15, 0.2) is 29.6 Å². The highest BCUT2D eigenvalue weighted by atomic mass is 32.1. The molecule has 2 N–H and O–H groups in total. The second-order valence-electron chi connectivity index (χ2n) is 4.78. The normalized spacial score (nSPS) is 12.4. The van der Waals surface area contributed by atoms with Gasteiger partial charge in [0.15, 0.2) is 5.82 Å². The van der Waals surface area contributed by atoms with Gasteiger partial charge < -0.3 is 10.1 Å². The third kappa shape index (κ3) is 3.12. The monoisotopic (exact) mass is 317 g/mol. The second-order valence-corrected chi connectivity index (χ2v) is 5.69. The van der Waals surface area contributed by atoms with Crippen molar-refractivity contribution >= 4 is 27.3 Å². The number of aromatic nitrogens is 4. The van der Waals surface area contributed by atoms with Crippen molar-refractivity contribution in [3.63, 3.8) is 0 Å². The topological polar surface area (TPSA) is 92.8 Å². The number of hydrogen-bond donors (Lipinski definition) is 2. The summed E-state index contributed by atoms with van der Waals surface area (Å²) in [6, 6.07) is 7.63. The van der Waals surface area contributed by atoms with Crippen LogP contribution in [0.4, 0.5) is 0 Å². The van der Waals surface area contributed by atoms with E-state index in [0.717, 1.165) is 10.9 Å². The van der Waals surface area contributed by atoms with E-state index in [-0.39, 0.29) is 12.5 Å². The van der Waals surface area contributed by atoms with Crippen molar-refractivity contribution in [1.82, 2.24) is 25.9 Å². The average molecular weight is 317 g/mol. The number of benzene rings is 1. The SMILES string of the molecule is COCC(NC(=O)Cc1csc2ccccc12)c1nn[nH]n1. The molecule has 0 radical (unpaired) electrons. The Kier molecular flexibility index (Phi) is 4.40. The number of nitrogens with one attached hydrogen (secondary N) is 2. The summed E-state index contributed by atoms with van der Waals surface area (Å²) in [4.78, 5) is 12.3. The van der Waals surface area contributed by atoms with Crippen molar-refractivity contribution in [2.45, 2.75) is 12.5 Å². The maximum atomic E-state index is 12.3. The van der Waals surface area contributed by atoms with E-state index in [1.54, 1.807) is 18.4 Å². The molecule has 0 saturated heterocycles. The van der Waals surface area contributed by atoms with Gasteiger partial charge in [-0.2, -0.15) is 5.21 Å². The van der Waals surface area contributed by atoms with Crippen molar-refractivity contribution < 1.29 is 9.53 Å². The average Bonchev–Trinajstić information content (AvgIpc) is 3.17. The molecule has 2 heterocycles. The number of fused-ring (bicyclic) bond motifs is 1. The summed E-state index contributed by atoms with van der Waals surface area (Å²) >= 11 is 1.64. The van der Waals surface area contributed by atoms with Gasteiger partial charge in [-0.25, -0.2) is 0 Å². The zero-order chi connectivity index (χ0) is 15.4. The molecule has 7 nitrogen and oxygen atoms in total. The van der Waals surface area contributed by atoms with Crippen molar-refractivity contribution in [2.75, 3.05) is 13.7 Å². The number of carbonyl (C=O) groups excluding carboxylic acids is 1. The Hall–Kier alpha value is -2.32. The van der Waals surface area contributed by atoms with Crippen molar-refractivity contribution in [3.05, 3.63) is 41.0 Å². The fraction of sp³-hybridized carbons (Fsp3) is 0.286. The van der Waals surface area contributed by atoms with Crippen LogP contribution in [0.1, 0.15) is 17.4 Å². The van der Waals surface area contributed by atoms with E-state index in [2.05, 4.69) is 32.0 Å². The highest BCUT2D eigenvalue weighted by Gasteiger charge is 2.19. The Morgan fingerprint density at radius 1 is 1.45 bits per heavy atom. The molecular weight excluding hydrogens is 302 g/mol. The van der Waals surface area contributed by atoms with Gasteiger partial charge in [0, 0.05) is 11.8 Å². The van der Waals surface area contributed by atoms with Crippen LogP contribution in [0.3, 0.4) is 0 Å². The lowest BCUT2D eigenvalue weighted by atomic mass is 10.1. The molecule has 1 aromatic carbocycles. The molecule has 0 aliphatic rings. The molecule has 3 rings (SSSR count). The largest absolute Gasteiger partial charge is 0.382 e. The molecule has 1 unspecified atom stereocenters. The van der Waals surface area contributed by atoms with Crippen LogP contribution in [-0.4, -0.2) is 40.2 Å². The van der Waals surface area contributed by atoms with Crippen LogP contribution in [0.25, 0.3) is 10.1 Å². The number of methoxy groups -OCH3 is 1. The predicted molar refractivity (Wildman–Crippen MR) is 82.5 cm³/mol. The standard InChI is InChI=1S/C14H15N5O2S/c1-21-7-11(14-16-18-19-17-14)15-13(20)6-9-8-22-12-5-3-2-4-10(9)12/h2-5,8,11H,6-7H2,1H3,(H,15,20)(H,16,17,18,19). The first-order valence-corrected chi connectivity index (χ1v) is 7.62. The Balaban J connectivity index is 1.71. The number of aromatic amines is 1. The lowest BCUT2D eigenvalue weighted by molar-refractivity contribution is -0.121. The van der Waals surface area contributed by atoms with Gasteiger partial charge in [-0.3, -0.25) is 4.79 Å². The number of tetrazole rings is 1. The van der Waals surface area contributed by atoms with E-state index in [1.165, 1.54) is 4.70 Å². The Morgan fingerprint density at radius 2 is 2.32 bits per heavy atom. The van der Waals surface area contributed by atoms with E-state index in [0.29, 0.717) is 12.2 Å². The maximum Gasteiger partial charge on any atom is 0.225 e. The molecule has 1 amide bonds. The van der Waals surface area contributed by atoms with E-state index >= 15 is 0 Å². The van der Waals surface area contributed by atoms with E-state index < -0.39 is 6.04 Å². The Labute approximate surface area is 130 Å². The quantitative estimate of drug-likeness (QED) is 0.718. The van der Waals surface area contributed by atoms with E-state index in [4.69, 9.17) is 4.74 Å². The number of rotatable bonds is 6. The third-order valence-corrected chi connectivity index (χ3v) is 4.27. The molecule has 0 spiro atoms. The van der Waals surface area contributed by atoms with Gasteiger partial charge >= 0.3 is 0 Å². The van der Waals surface area contributed by atoms with Gasteiger partial charge in [0.2, 0.25) is 5.91 Å². The minimum atomic E-state index is -0.416. The number of hydrogen-bond acceptors (Lipinski definition) is 6. The zero-order valence-corrected chi connectivity index (χ0v) is 12.8. The maximum absolute atomic E-state index is 12.3. The molecule has 2 aromatic heterocycles. The van der Waals surface area contributed by atoms with Crippen LogP contribution in [-0.2, 0) is 16.0 Å². The number of carbonyl (C=O) groups is 1. The van der Waals surface area contributed by atoms with Crippen LogP contribution in [0, 0.1) is 0 Å². The fourth-order valence-corrected chi connectivity index (χ4v) is 3.22. The summed E-state index contributed by atoms with van der Waals surface area (Å²) in [6.07, 6.45) is 0.308. The molecular formula is C14H15N5O2S. The van der Waals surface area contributed by atoms with E-state index in [9.17, 15) is 4.79 Å². The molecule has 22 heavy (non-hydrogen) atoms. The number of amides is 1. The van der Waals surface area contributed by atoms with Gasteiger partial charge in [0.05, 0.1) is 13.0 Å². The number of ether oxygens (including phenoxy) is 1. The van der Waals surface area contributed by atoms with Crippen molar-refractivity contribution in [1.29, 1.82) is 0 Å². The minimum Gasteiger partial charge on any atom is -0.382 e. The summed E-state index contributed by atoms with van der Waals surface area (Å²) < 4.78 is 6.28. The highest BCUT2D eigenvalue weighted by molar-refractivity contribution is 7.17. The summed E-state index contributed by atoms with van der Waals surface area (Å²) in [7, 11) is 1.56. The number of thiophene rings is 1. The van der Waals surface area contributed by atoms with Crippen LogP contribution >= 0.6 is 11.3 Å². The number of nitrogens with zero attached hydrogens (tertiary/aromatic N) is 3. The van der Waals surface area contributed by atoms with Gasteiger partial charge in [-0.05, 0) is 22.4 Å². The molecule has 8 heteroatoms. The molecule has 0 fully saturated rings. The van der Waals surface area contributed by atoms with Crippen LogP contribution in [0.5, 0.6) is 0 Å². The molecule has 3 aromatic rings. The zero-order valence-electron chi connectivity index (χ0n) is 11.9. The highest BCUT2D eigenvalue weighted by Crippen LogP contribution is 2.26. The number of H-pyrrole nitrogens is 1. The van der Waals surface area contributed by atoms with E-state index in [1.807, 2.05) is 23.6 Å². The van der Waals surface area contributed by atoms with Gasteiger partial charge in [-0.1, -0.05) is 23.4 Å². The molecule has 0 saturated carbocycles. The van der Waals surface area contributed by atoms with Gasteiger partial charge in [0.1, 0.15) is 6.04 Å². The first-order chi connectivity index (χ1) is 10.8. The second kappa shape index (κ2) is 6.63. The Bertz CT molecular complexity index is 756. The third-order valence-electron chi connectivity index (χ3n) is 3.25. The summed E-state index contributed by atoms with van der Waals surface area (Å²) in [5.74, 6) is 0.306. The molecule has 0 aliphatic carbocycles. The first-order valence-electron chi connectivity index (χ1n) is 6.74. The van der Waals surface area contributed by atoms with Crippen LogP contribution in [0.2, 0.25) is 0 Å². The van der Waals surface area contributed by atoms with Crippen molar-refractivity contribution in [3.8, 4) is 0 Å². The minimum absolute atomic E-state index is 0.101. The lowest BCUT2D eigenvalue weighted by Gasteiger charge is -2.14. The first kappa shape index (κ1) is 14.6. The van der Waals surface area contributed by atoms with Gasteiger partial charge in [-0.15, -0.1) is 21.5 Å². The smallest absolute Gasteiger partial charge is 0.225 e. The molecule has 114 valence electrons. The molecule has 0 bridgehead atoms. The predicted octanol–water partition coefficient (Wildman–Crippen LogP) is 1.46. The van der Waals surface area contributed by atoms with Gasteiger partial charge in [0.25, 0.3) is 0 Å². The summed E-state index contributed by atoms with van der Waals surface area (Å²) in [5.41, 5.74) is 1.02. The summed E-state index contributed by atoms with van der Waals surface area (Å²) in [5, 5.41) is 19.7. The molecule has 1 atom stereocenters.